The van der Waals surface area contributed by atoms with E-state index in [-0.39, 0.29) is 36.7 Å². The molecule has 3 aromatic rings. The summed E-state index contributed by atoms with van der Waals surface area (Å²) in [4.78, 5) is 31.8. The zero-order valence-corrected chi connectivity index (χ0v) is 24.2. The van der Waals surface area contributed by atoms with Gasteiger partial charge in [0, 0.05) is 19.3 Å². The molecule has 236 valence electrons. The molecule has 3 N–H and O–H groups in total. The molecule has 1 saturated carbocycles. The second-order valence-electron chi connectivity index (χ2n) is 10.3. The smallest absolute Gasteiger partial charge is 0.416 e. The predicted molar refractivity (Wildman–Crippen MR) is 151 cm³/mol. The molecule has 0 radical (unpaired) electrons. The molecule has 0 atom stereocenters. The number of hydrogen-bond donors (Lipinski definition) is 3. The van der Waals surface area contributed by atoms with Crippen LogP contribution in [0.2, 0.25) is 0 Å². The molecule has 1 aliphatic carbocycles. The number of aliphatic hydroxyl groups is 3. The van der Waals surface area contributed by atoms with Crippen LogP contribution in [0.25, 0.3) is 0 Å². The Labute approximate surface area is 253 Å². The van der Waals surface area contributed by atoms with E-state index in [1.807, 2.05) is 30.3 Å². The minimum atomic E-state index is -3.19. The Balaban J connectivity index is 1.25. The molecule has 2 aliphatic rings. The SMILES string of the molecule is COCCOc1cnc(N(C(=O)OCc2ccccc2)[C@H]2CC[C@H](Oc3ncc(C(O)(O)O)c(OC4COC4)n3)CC2)cn1. The molecule has 1 aliphatic heterocycles. The van der Waals surface area contributed by atoms with Gasteiger partial charge in [0.25, 0.3) is 0 Å². The van der Waals surface area contributed by atoms with Crippen LogP contribution >= 0.6 is 0 Å². The summed E-state index contributed by atoms with van der Waals surface area (Å²) in [6.45, 7) is 1.42. The van der Waals surface area contributed by atoms with E-state index >= 15 is 0 Å². The Bertz CT molecular complexity index is 1350. The van der Waals surface area contributed by atoms with Crippen molar-refractivity contribution in [3.63, 3.8) is 0 Å². The third-order valence-corrected chi connectivity index (χ3v) is 7.06. The molecule has 44 heavy (non-hydrogen) atoms. The zero-order valence-electron chi connectivity index (χ0n) is 24.2. The summed E-state index contributed by atoms with van der Waals surface area (Å²) in [6, 6.07) is 9.07. The lowest BCUT2D eigenvalue weighted by molar-refractivity contribution is -0.325. The normalized spacial score (nSPS) is 18.6. The Morgan fingerprint density at radius 3 is 2.36 bits per heavy atom. The topological polar surface area (TPSA) is 188 Å². The first-order chi connectivity index (χ1) is 21.3. The third-order valence-electron chi connectivity index (χ3n) is 7.06. The third kappa shape index (κ3) is 8.27. The maximum atomic E-state index is 13.4. The van der Waals surface area contributed by atoms with Gasteiger partial charge in [-0.2, -0.15) is 4.98 Å². The molecule has 0 unspecified atom stereocenters. The van der Waals surface area contributed by atoms with Crippen LogP contribution in [0.4, 0.5) is 10.6 Å². The van der Waals surface area contributed by atoms with E-state index in [2.05, 4.69) is 19.9 Å². The summed E-state index contributed by atoms with van der Waals surface area (Å²) in [5.41, 5.74) is 0.437. The zero-order chi connectivity index (χ0) is 30.9. The van der Waals surface area contributed by atoms with Gasteiger partial charge in [-0.3, -0.25) is 4.90 Å². The van der Waals surface area contributed by atoms with Gasteiger partial charge in [-0.05, 0) is 31.2 Å². The average molecular weight is 614 g/mol. The van der Waals surface area contributed by atoms with E-state index in [0.717, 1.165) is 11.8 Å². The molecule has 1 amide bonds. The van der Waals surface area contributed by atoms with Crippen molar-refractivity contribution in [3.05, 3.63) is 60.0 Å². The van der Waals surface area contributed by atoms with Crippen molar-refractivity contribution in [1.82, 2.24) is 19.9 Å². The number of hydrogen-bond acceptors (Lipinski definition) is 14. The number of amides is 1. The predicted octanol–water partition coefficient (Wildman–Crippen LogP) is 1.69. The molecule has 1 aromatic carbocycles. The minimum Gasteiger partial charge on any atom is -0.474 e. The van der Waals surface area contributed by atoms with E-state index in [0.29, 0.717) is 63.8 Å². The number of aromatic nitrogens is 4. The number of methoxy groups -OCH3 is 1. The van der Waals surface area contributed by atoms with Gasteiger partial charge in [-0.15, -0.1) is 0 Å². The number of nitrogens with zero attached hydrogens (tertiary/aromatic N) is 5. The number of carbonyl (C=O) groups is 1. The summed E-state index contributed by atoms with van der Waals surface area (Å²) in [5.74, 6) is -2.77. The maximum Gasteiger partial charge on any atom is 0.416 e. The highest BCUT2D eigenvalue weighted by atomic mass is 16.7. The summed E-state index contributed by atoms with van der Waals surface area (Å²) >= 11 is 0. The van der Waals surface area contributed by atoms with Gasteiger partial charge in [0.1, 0.15) is 31.0 Å². The highest BCUT2D eigenvalue weighted by molar-refractivity contribution is 5.87. The van der Waals surface area contributed by atoms with Gasteiger partial charge in [0.2, 0.25) is 11.8 Å². The lowest BCUT2D eigenvalue weighted by Gasteiger charge is -2.35. The molecular weight excluding hydrogens is 578 g/mol. The van der Waals surface area contributed by atoms with Crippen LogP contribution < -0.4 is 19.1 Å². The van der Waals surface area contributed by atoms with Crippen LogP contribution in [0.15, 0.2) is 48.9 Å². The van der Waals surface area contributed by atoms with Crippen molar-refractivity contribution in [3.8, 4) is 17.8 Å². The van der Waals surface area contributed by atoms with Crippen LogP contribution in [0.1, 0.15) is 36.8 Å². The molecule has 15 nitrogen and oxygen atoms in total. The maximum absolute atomic E-state index is 13.4. The van der Waals surface area contributed by atoms with Crippen LogP contribution in [-0.2, 0) is 26.8 Å². The first-order valence-corrected chi connectivity index (χ1v) is 14.2. The van der Waals surface area contributed by atoms with Gasteiger partial charge in [0.15, 0.2) is 5.82 Å². The van der Waals surface area contributed by atoms with Gasteiger partial charge in [-0.1, -0.05) is 30.3 Å². The van der Waals surface area contributed by atoms with E-state index in [1.165, 1.54) is 17.3 Å². The molecule has 0 bridgehead atoms. The summed E-state index contributed by atoms with van der Waals surface area (Å²) < 4.78 is 32.9. The summed E-state index contributed by atoms with van der Waals surface area (Å²) in [7, 11) is 1.57. The number of carbonyl (C=O) groups excluding carboxylic acids is 1. The second kappa shape index (κ2) is 14.5. The Morgan fingerprint density at radius 1 is 0.955 bits per heavy atom. The number of ether oxygens (including phenoxy) is 6. The van der Waals surface area contributed by atoms with Crippen LogP contribution in [0.3, 0.4) is 0 Å². The van der Waals surface area contributed by atoms with E-state index in [9.17, 15) is 20.1 Å². The average Bonchev–Trinajstić information content (AvgIpc) is 3.00. The molecule has 0 spiro atoms. The van der Waals surface area contributed by atoms with Gasteiger partial charge in [0.05, 0.1) is 32.2 Å². The quantitative estimate of drug-likeness (QED) is 0.187. The lowest BCUT2D eigenvalue weighted by Crippen LogP contribution is -2.44. The minimum absolute atomic E-state index is 0.0502. The van der Waals surface area contributed by atoms with Crippen LogP contribution in [0, 0.1) is 0 Å². The van der Waals surface area contributed by atoms with Crippen molar-refractivity contribution in [2.24, 2.45) is 0 Å². The van der Waals surface area contributed by atoms with Gasteiger partial charge < -0.3 is 43.7 Å². The van der Waals surface area contributed by atoms with Crippen molar-refractivity contribution in [2.45, 2.75) is 56.5 Å². The number of rotatable bonds is 13. The molecule has 3 heterocycles. The molecule has 15 heteroatoms. The van der Waals surface area contributed by atoms with Crippen molar-refractivity contribution < 1.29 is 48.5 Å². The fourth-order valence-electron chi connectivity index (χ4n) is 4.69. The number of benzene rings is 1. The standard InChI is InChI=1S/C29H35N5O10/c1-39-11-12-41-25-15-30-24(14-31-25)34(28(35)42-16-19-5-3-2-4-6-19)20-7-9-21(10-8-20)44-27-32-13-23(29(36,37)38)26(33-27)43-22-17-40-18-22/h2-6,13-15,20-22,36-38H,7-12,16-18H2,1H3/t20-,21-. The fraction of sp³-hybridized carbons (Fsp3) is 0.483. The van der Waals surface area contributed by atoms with E-state index in [1.54, 1.807) is 7.11 Å². The lowest BCUT2D eigenvalue weighted by atomic mass is 9.92. The highest BCUT2D eigenvalue weighted by Crippen LogP contribution is 2.32. The molecule has 5 rings (SSSR count). The van der Waals surface area contributed by atoms with Crippen molar-refractivity contribution in [2.75, 3.05) is 38.4 Å². The molecule has 2 fully saturated rings. The van der Waals surface area contributed by atoms with Gasteiger partial charge in [-0.25, -0.2) is 19.7 Å². The fourth-order valence-corrected chi connectivity index (χ4v) is 4.69. The first kappa shape index (κ1) is 31.3. The second-order valence-corrected chi connectivity index (χ2v) is 10.3. The highest BCUT2D eigenvalue weighted by Gasteiger charge is 2.35. The summed E-state index contributed by atoms with van der Waals surface area (Å²) in [5, 5.41) is 29.1. The Hall–Kier alpha value is -4.15. The van der Waals surface area contributed by atoms with Crippen LogP contribution in [-0.4, -0.2) is 93.1 Å². The molecule has 1 saturated heterocycles. The van der Waals surface area contributed by atoms with E-state index < -0.39 is 17.6 Å². The largest absolute Gasteiger partial charge is 0.474 e. The van der Waals surface area contributed by atoms with Gasteiger partial charge >= 0.3 is 18.1 Å². The Kier molecular flexibility index (Phi) is 10.3. The van der Waals surface area contributed by atoms with Crippen LogP contribution in [0.5, 0.6) is 17.8 Å². The number of anilines is 1. The van der Waals surface area contributed by atoms with E-state index in [4.69, 9.17) is 28.4 Å². The monoisotopic (exact) mass is 613 g/mol. The van der Waals surface area contributed by atoms with Crippen molar-refractivity contribution in [1.29, 1.82) is 0 Å². The molecular formula is C29H35N5O10. The molecule has 2 aromatic heterocycles. The Morgan fingerprint density at radius 2 is 1.73 bits per heavy atom. The van der Waals surface area contributed by atoms with Crippen molar-refractivity contribution >= 4 is 11.9 Å². The first-order valence-electron chi connectivity index (χ1n) is 14.2. The summed E-state index contributed by atoms with van der Waals surface area (Å²) in [6.07, 6.45) is 4.94.